The van der Waals surface area contributed by atoms with Gasteiger partial charge in [-0.15, -0.1) is 0 Å². The second-order valence-electron chi connectivity index (χ2n) is 6.00. The zero-order valence-electron chi connectivity index (χ0n) is 15.5. The molecule has 1 atom stereocenters. The Hall–Kier alpha value is -1.91. The van der Waals surface area contributed by atoms with E-state index >= 15 is 0 Å². The molecular formula is C20H24Cl2N2O2. The highest BCUT2D eigenvalue weighted by molar-refractivity contribution is 6.35. The average Bonchev–Trinajstić information content (AvgIpc) is 2.60. The lowest BCUT2D eigenvalue weighted by molar-refractivity contribution is -0.122. The molecule has 0 aliphatic heterocycles. The highest BCUT2D eigenvalue weighted by atomic mass is 35.5. The summed E-state index contributed by atoms with van der Waals surface area (Å²) >= 11 is 12.0. The van der Waals surface area contributed by atoms with Crippen LogP contribution in [0.2, 0.25) is 10.0 Å². The van der Waals surface area contributed by atoms with E-state index in [4.69, 9.17) is 27.9 Å². The average molecular weight is 395 g/mol. The number of halogens is 2. The zero-order chi connectivity index (χ0) is 19.3. The predicted octanol–water partition coefficient (Wildman–Crippen LogP) is 5.55. The number of ether oxygens (including phenoxy) is 1. The van der Waals surface area contributed by atoms with E-state index in [1.165, 1.54) is 0 Å². The molecule has 0 aliphatic carbocycles. The number of carbonyl (C=O) groups is 1. The van der Waals surface area contributed by atoms with Crippen molar-refractivity contribution in [3.8, 4) is 5.75 Å². The number of aryl methyl sites for hydroxylation is 1. The maximum Gasteiger partial charge on any atom is 0.265 e. The van der Waals surface area contributed by atoms with Crippen molar-refractivity contribution in [3.05, 3.63) is 52.0 Å². The standard InChI is InChI=1S/C20H24Cl2N2O2/c1-5-24(6-2)16-8-9-18(13(3)11-16)23-20(25)14(4)26-19-10-7-15(21)12-17(19)22/h7-12,14H,5-6H2,1-4H3,(H,23,25)/t14-/m1/s1. The first-order valence-corrected chi connectivity index (χ1v) is 9.39. The maximum atomic E-state index is 12.5. The van der Waals surface area contributed by atoms with Gasteiger partial charge in [0.05, 0.1) is 5.02 Å². The number of benzene rings is 2. The van der Waals surface area contributed by atoms with E-state index in [0.717, 1.165) is 30.0 Å². The molecule has 4 nitrogen and oxygen atoms in total. The molecule has 6 heteroatoms. The summed E-state index contributed by atoms with van der Waals surface area (Å²) in [7, 11) is 0. The van der Waals surface area contributed by atoms with E-state index in [1.54, 1.807) is 25.1 Å². The Morgan fingerprint density at radius 1 is 1.15 bits per heavy atom. The lowest BCUT2D eigenvalue weighted by atomic mass is 10.1. The van der Waals surface area contributed by atoms with Crippen LogP contribution in [0.1, 0.15) is 26.3 Å². The first kappa shape index (κ1) is 20.4. The molecule has 26 heavy (non-hydrogen) atoms. The summed E-state index contributed by atoms with van der Waals surface area (Å²) in [4.78, 5) is 14.7. The molecule has 0 saturated heterocycles. The first-order valence-electron chi connectivity index (χ1n) is 8.63. The zero-order valence-corrected chi connectivity index (χ0v) is 17.0. The van der Waals surface area contributed by atoms with Crippen LogP contribution in [0.15, 0.2) is 36.4 Å². The van der Waals surface area contributed by atoms with Gasteiger partial charge in [-0.2, -0.15) is 0 Å². The molecule has 0 aromatic heterocycles. The molecular weight excluding hydrogens is 371 g/mol. The normalized spacial score (nSPS) is 11.8. The van der Waals surface area contributed by atoms with Crippen molar-refractivity contribution in [1.29, 1.82) is 0 Å². The van der Waals surface area contributed by atoms with Crippen molar-refractivity contribution in [2.75, 3.05) is 23.3 Å². The summed E-state index contributed by atoms with van der Waals surface area (Å²) in [6.07, 6.45) is -0.699. The van der Waals surface area contributed by atoms with Gasteiger partial charge in [0.25, 0.3) is 5.91 Å². The molecule has 1 N–H and O–H groups in total. The number of rotatable bonds is 7. The fraction of sp³-hybridized carbons (Fsp3) is 0.350. The largest absolute Gasteiger partial charge is 0.479 e. The Morgan fingerprint density at radius 3 is 2.42 bits per heavy atom. The quantitative estimate of drug-likeness (QED) is 0.668. The number of hydrogen-bond acceptors (Lipinski definition) is 3. The van der Waals surface area contributed by atoms with Gasteiger partial charge in [-0.25, -0.2) is 0 Å². The first-order chi connectivity index (χ1) is 12.3. The molecule has 0 bridgehead atoms. The molecule has 0 unspecified atom stereocenters. The van der Waals surface area contributed by atoms with Crippen LogP contribution in [-0.4, -0.2) is 25.1 Å². The number of carbonyl (C=O) groups excluding carboxylic acids is 1. The van der Waals surface area contributed by atoms with Crippen molar-refractivity contribution >= 4 is 40.5 Å². The predicted molar refractivity (Wildman–Crippen MR) is 110 cm³/mol. The van der Waals surface area contributed by atoms with Crippen LogP contribution in [0.5, 0.6) is 5.75 Å². The van der Waals surface area contributed by atoms with Gasteiger partial charge < -0.3 is 15.0 Å². The molecule has 0 heterocycles. The van der Waals surface area contributed by atoms with Crippen LogP contribution in [0.25, 0.3) is 0 Å². The number of hydrogen-bond donors (Lipinski definition) is 1. The van der Waals surface area contributed by atoms with Crippen LogP contribution in [0.3, 0.4) is 0 Å². The number of anilines is 2. The molecule has 0 fully saturated rings. The fourth-order valence-corrected chi connectivity index (χ4v) is 3.08. The third-order valence-corrected chi connectivity index (χ3v) is 4.69. The molecule has 2 rings (SSSR count). The van der Waals surface area contributed by atoms with E-state index in [0.29, 0.717) is 15.8 Å². The minimum Gasteiger partial charge on any atom is -0.479 e. The van der Waals surface area contributed by atoms with Crippen molar-refractivity contribution in [1.82, 2.24) is 0 Å². The molecule has 2 aromatic carbocycles. The maximum absolute atomic E-state index is 12.5. The second kappa shape index (κ2) is 9.15. The minimum atomic E-state index is -0.699. The lowest BCUT2D eigenvalue weighted by Crippen LogP contribution is -2.30. The van der Waals surface area contributed by atoms with Crippen LogP contribution >= 0.6 is 23.2 Å². The van der Waals surface area contributed by atoms with Gasteiger partial charge in [-0.05, 0) is 69.7 Å². The van der Waals surface area contributed by atoms with Crippen LogP contribution < -0.4 is 15.0 Å². The summed E-state index contributed by atoms with van der Waals surface area (Å²) < 4.78 is 5.66. The Labute approximate surface area is 165 Å². The van der Waals surface area contributed by atoms with Gasteiger partial charge in [0, 0.05) is 29.5 Å². The van der Waals surface area contributed by atoms with E-state index < -0.39 is 6.10 Å². The van der Waals surface area contributed by atoms with Crippen molar-refractivity contribution in [2.45, 2.75) is 33.8 Å². The van der Waals surface area contributed by atoms with E-state index in [9.17, 15) is 4.79 Å². The lowest BCUT2D eigenvalue weighted by Gasteiger charge is -2.22. The Morgan fingerprint density at radius 2 is 1.85 bits per heavy atom. The molecule has 0 aliphatic rings. The summed E-state index contributed by atoms with van der Waals surface area (Å²) in [5, 5.41) is 3.80. The molecule has 0 saturated carbocycles. The highest BCUT2D eigenvalue weighted by Gasteiger charge is 2.17. The van der Waals surface area contributed by atoms with Gasteiger partial charge in [-0.3, -0.25) is 4.79 Å². The van der Waals surface area contributed by atoms with Crippen LogP contribution in [-0.2, 0) is 4.79 Å². The van der Waals surface area contributed by atoms with Gasteiger partial charge in [-0.1, -0.05) is 23.2 Å². The topological polar surface area (TPSA) is 41.6 Å². The molecule has 140 valence electrons. The number of amides is 1. The van der Waals surface area contributed by atoms with Crippen molar-refractivity contribution in [2.24, 2.45) is 0 Å². The monoisotopic (exact) mass is 394 g/mol. The van der Waals surface area contributed by atoms with Gasteiger partial charge >= 0.3 is 0 Å². The number of nitrogens with zero attached hydrogens (tertiary/aromatic N) is 1. The Bertz CT molecular complexity index is 776. The fourth-order valence-electron chi connectivity index (χ4n) is 2.62. The summed E-state index contributed by atoms with van der Waals surface area (Å²) in [6, 6.07) is 10.9. The van der Waals surface area contributed by atoms with Crippen LogP contribution in [0.4, 0.5) is 11.4 Å². The van der Waals surface area contributed by atoms with E-state index in [1.807, 2.05) is 19.1 Å². The van der Waals surface area contributed by atoms with Crippen molar-refractivity contribution < 1.29 is 9.53 Å². The molecule has 2 aromatic rings. The Kier molecular flexibility index (Phi) is 7.18. The van der Waals surface area contributed by atoms with Crippen LogP contribution in [0, 0.1) is 6.92 Å². The van der Waals surface area contributed by atoms with Gasteiger partial charge in [0.15, 0.2) is 6.10 Å². The summed E-state index contributed by atoms with van der Waals surface area (Å²) in [5.74, 6) is 0.182. The second-order valence-corrected chi connectivity index (χ2v) is 6.84. The molecule has 0 radical (unpaired) electrons. The minimum absolute atomic E-state index is 0.241. The van der Waals surface area contributed by atoms with Crippen molar-refractivity contribution in [3.63, 3.8) is 0 Å². The third-order valence-electron chi connectivity index (χ3n) is 4.16. The third kappa shape index (κ3) is 5.05. The summed E-state index contributed by atoms with van der Waals surface area (Å²) in [6.45, 7) is 9.78. The van der Waals surface area contributed by atoms with Gasteiger partial charge in [0.1, 0.15) is 5.75 Å². The SMILES string of the molecule is CCN(CC)c1ccc(NC(=O)[C@@H](C)Oc2ccc(Cl)cc2Cl)c(C)c1. The smallest absolute Gasteiger partial charge is 0.265 e. The number of nitrogens with one attached hydrogen (secondary N) is 1. The van der Waals surface area contributed by atoms with E-state index in [-0.39, 0.29) is 5.91 Å². The molecule has 1 amide bonds. The Balaban J connectivity index is 2.06. The highest BCUT2D eigenvalue weighted by Crippen LogP contribution is 2.29. The van der Waals surface area contributed by atoms with Gasteiger partial charge in [0.2, 0.25) is 0 Å². The molecule has 0 spiro atoms. The van der Waals surface area contributed by atoms with E-state index in [2.05, 4.69) is 30.1 Å². The summed E-state index contributed by atoms with van der Waals surface area (Å²) in [5.41, 5.74) is 2.91.